The van der Waals surface area contributed by atoms with Gasteiger partial charge < -0.3 is 4.74 Å². The van der Waals surface area contributed by atoms with E-state index in [1.54, 1.807) is 39.0 Å². The van der Waals surface area contributed by atoms with Crippen molar-refractivity contribution in [1.82, 2.24) is 9.55 Å². The fraction of sp³-hybridized carbons (Fsp3) is 0.385. The van der Waals surface area contributed by atoms with Crippen molar-refractivity contribution in [3.8, 4) is 0 Å². The number of hydrogen-bond acceptors (Lipinski definition) is 3. The van der Waals surface area contributed by atoms with Crippen LogP contribution >= 0.6 is 23.2 Å². The van der Waals surface area contributed by atoms with Gasteiger partial charge in [0.25, 0.3) is 0 Å². The van der Waals surface area contributed by atoms with E-state index < -0.39 is 11.7 Å². The maximum atomic E-state index is 12.2. The van der Waals surface area contributed by atoms with E-state index in [1.165, 1.54) is 4.57 Å². The average molecular weight is 301 g/mol. The smallest absolute Gasteiger partial charge is 0.420 e. The van der Waals surface area contributed by atoms with Crippen LogP contribution in [0.4, 0.5) is 4.79 Å². The van der Waals surface area contributed by atoms with Crippen LogP contribution < -0.4 is 0 Å². The van der Waals surface area contributed by atoms with Gasteiger partial charge in [-0.3, -0.25) is 0 Å². The Hall–Kier alpha value is -1.26. The van der Waals surface area contributed by atoms with Gasteiger partial charge in [0.15, 0.2) is 0 Å². The number of imidazole rings is 1. The van der Waals surface area contributed by atoms with Crippen LogP contribution in [0.15, 0.2) is 18.2 Å². The fourth-order valence-electron chi connectivity index (χ4n) is 1.70. The van der Waals surface area contributed by atoms with Gasteiger partial charge in [0.1, 0.15) is 11.4 Å². The number of nitrogens with zero attached hydrogens (tertiary/aromatic N) is 2. The summed E-state index contributed by atoms with van der Waals surface area (Å²) in [6.45, 7) is 5.41. The number of benzene rings is 1. The van der Waals surface area contributed by atoms with Crippen LogP contribution in [0, 0.1) is 0 Å². The normalized spacial score (nSPS) is 11.8. The Morgan fingerprint density at radius 2 is 2.11 bits per heavy atom. The summed E-state index contributed by atoms with van der Waals surface area (Å²) in [5.41, 5.74) is 0.666. The quantitative estimate of drug-likeness (QED) is 0.741. The molecule has 1 aromatic carbocycles. The summed E-state index contributed by atoms with van der Waals surface area (Å²) in [5.74, 6) is 0.555. The number of aromatic nitrogens is 2. The predicted octanol–water partition coefficient (Wildman–Crippen LogP) is 4.21. The molecular weight excluding hydrogens is 287 g/mol. The Kier molecular flexibility index (Phi) is 3.74. The molecule has 2 rings (SSSR count). The average Bonchev–Trinajstić information content (AvgIpc) is 2.64. The Morgan fingerprint density at radius 1 is 1.42 bits per heavy atom. The minimum atomic E-state index is -0.587. The molecule has 0 aliphatic heterocycles. The Morgan fingerprint density at radius 3 is 2.68 bits per heavy atom. The summed E-state index contributed by atoms with van der Waals surface area (Å²) in [6, 6.07) is 5.13. The number of carbonyl (C=O) groups is 1. The topological polar surface area (TPSA) is 44.1 Å². The van der Waals surface area contributed by atoms with E-state index in [0.29, 0.717) is 21.9 Å². The number of hydrogen-bond donors (Lipinski definition) is 0. The predicted molar refractivity (Wildman–Crippen MR) is 75.9 cm³/mol. The van der Waals surface area contributed by atoms with Gasteiger partial charge in [-0.15, -0.1) is 11.6 Å². The molecule has 19 heavy (non-hydrogen) atoms. The van der Waals surface area contributed by atoms with E-state index in [9.17, 15) is 4.79 Å². The van der Waals surface area contributed by atoms with E-state index in [4.69, 9.17) is 27.9 Å². The summed E-state index contributed by atoms with van der Waals surface area (Å²) in [5, 5.41) is 0.526. The van der Waals surface area contributed by atoms with Gasteiger partial charge in [-0.25, -0.2) is 14.3 Å². The number of alkyl halides is 1. The van der Waals surface area contributed by atoms with Crippen molar-refractivity contribution >= 4 is 40.3 Å². The van der Waals surface area contributed by atoms with Crippen LogP contribution in [-0.2, 0) is 10.6 Å². The van der Waals surface area contributed by atoms with Crippen molar-refractivity contribution in [3.05, 3.63) is 29.0 Å². The first kappa shape index (κ1) is 14.2. The minimum absolute atomic E-state index is 0.117. The third-order valence-corrected chi connectivity index (χ3v) is 2.86. The molecule has 4 nitrogen and oxygen atoms in total. The van der Waals surface area contributed by atoms with E-state index in [-0.39, 0.29) is 5.88 Å². The lowest BCUT2D eigenvalue weighted by atomic mass is 10.2. The lowest BCUT2D eigenvalue weighted by Crippen LogP contribution is -2.28. The number of carbonyl (C=O) groups excluding carboxylic acids is 1. The minimum Gasteiger partial charge on any atom is -0.443 e. The van der Waals surface area contributed by atoms with Crippen LogP contribution in [-0.4, -0.2) is 21.2 Å². The van der Waals surface area contributed by atoms with E-state index >= 15 is 0 Å². The zero-order chi connectivity index (χ0) is 14.2. The van der Waals surface area contributed by atoms with Gasteiger partial charge >= 0.3 is 6.09 Å². The van der Waals surface area contributed by atoms with Crippen LogP contribution in [0.1, 0.15) is 26.6 Å². The molecule has 0 amide bonds. The third kappa shape index (κ3) is 3.01. The van der Waals surface area contributed by atoms with E-state index in [2.05, 4.69) is 4.98 Å². The molecule has 0 spiro atoms. The molecule has 0 bridgehead atoms. The molecule has 0 saturated carbocycles. The second-order valence-corrected chi connectivity index (χ2v) is 5.81. The molecule has 0 fully saturated rings. The molecule has 1 heterocycles. The Bertz CT molecular complexity index is 629. The van der Waals surface area contributed by atoms with Gasteiger partial charge in [0.05, 0.1) is 16.9 Å². The van der Waals surface area contributed by atoms with Gasteiger partial charge in [0, 0.05) is 5.02 Å². The largest absolute Gasteiger partial charge is 0.443 e. The maximum absolute atomic E-state index is 12.2. The molecule has 0 atom stereocenters. The van der Waals surface area contributed by atoms with Gasteiger partial charge in [0.2, 0.25) is 0 Å². The summed E-state index contributed by atoms with van der Waals surface area (Å²) in [6.07, 6.45) is -0.507. The summed E-state index contributed by atoms with van der Waals surface area (Å²) in [4.78, 5) is 16.5. The monoisotopic (exact) mass is 300 g/mol. The highest BCUT2D eigenvalue weighted by Gasteiger charge is 2.22. The zero-order valence-corrected chi connectivity index (χ0v) is 12.4. The molecule has 6 heteroatoms. The van der Waals surface area contributed by atoms with Crippen molar-refractivity contribution in [1.29, 1.82) is 0 Å². The van der Waals surface area contributed by atoms with Crippen LogP contribution in [0.25, 0.3) is 11.0 Å². The molecule has 0 saturated heterocycles. The van der Waals surface area contributed by atoms with Crippen molar-refractivity contribution in [3.63, 3.8) is 0 Å². The highest BCUT2D eigenvalue weighted by Crippen LogP contribution is 2.23. The molecule has 2 aromatic rings. The fourth-order valence-corrected chi connectivity index (χ4v) is 2.04. The van der Waals surface area contributed by atoms with Gasteiger partial charge in [-0.2, -0.15) is 0 Å². The number of rotatable bonds is 1. The maximum Gasteiger partial charge on any atom is 0.420 e. The second kappa shape index (κ2) is 5.02. The SMILES string of the molecule is CC(C)(C)OC(=O)n1c(CCl)nc2ccc(Cl)cc21. The first-order valence-electron chi connectivity index (χ1n) is 5.78. The lowest BCUT2D eigenvalue weighted by Gasteiger charge is -2.20. The van der Waals surface area contributed by atoms with Crippen molar-refractivity contribution in [2.75, 3.05) is 0 Å². The highest BCUT2D eigenvalue weighted by atomic mass is 35.5. The standard InChI is InChI=1S/C13H14Cl2N2O2/c1-13(2,3)19-12(18)17-10-6-8(15)4-5-9(10)16-11(17)7-14/h4-6H,7H2,1-3H3. The Balaban J connectivity index is 2.56. The lowest BCUT2D eigenvalue weighted by molar-refractivity contribution is 0.0540. The van der Waals surface area contributed by atoms with Crippen LogP contribution in [0.5, 0.6) is 0 Å². The van der Waals surface area contributed by atoms with Gasteiger partial charge in [-0.05, 0) is 39.0 Å². The van der Waals surface area contributed by atoms with Gasteiger partial charge in [-0.1, -0.05) is 11.6 Å². The van der Waals surface area contributed by atoms with Crippen molar-refractivity contribution < 1.29 is 9.53 Å². The van der Waals surface area contributed by atoms with Crippen LogP contribution in [0.2, 0.25) is 5.02 Å². The molecule has 102 valence electrons. The van der Waals surface area contributed by atoms with Crippen LogP contribution in [0.3, 0.4) is 0 Å². The Labute approximate surface area is 121 Å². The number of ether oxygens (including phenoxy) is 1. The molecule has 0 radical (unpaired) electrons. The third-order valence-electron chi connectivity index (χ3n) is 2.38. The van der Waals surface area contributed by atoms with Crippen molar-refractivity contribution in [2.24, 2.45) is 0 Å². The van der Waals surface area contributed by atoms with Crippen molar-refractivity contribution in [2.45, 2.75) is 32.3 Å². The number of halogens is 2. The molecule has 0 aliphatic rings. The highest BCUT2D eigenvalue weighted by molar-refractivity contribution is 6.31. The van der Waals surface area contributed by atoms with E-state index in [0.717, 1.165) is 0 Å². The first-order chi connectivity index (χ1) is 8.81. The number of fused-ring (bicyclic) bond motifs is 1. The molecule has 1 aromatic heterocycles. The second-order valence-electron chi connectivity index (χ2n) is 5.11. The summed E-state index contributed by atoms with van der Waals surface area (Å²) < 4.78 is 6.72. The molecule has 0 N–H and O–H groups in total. The summed E-state index contributed by atoms with van der Waals surface area (Å²) >= 11 is 11.8. The molecule has 0 unspecified atom stereocenters. The molecular formula is C13H14Cl2N2O2. The summed E-state index contributed by atoms with van der Waals surface area (Å²) in [7, 11) is 0. The zero-order valence-electron chi connectivity index (χ0n) is 10.9. The molecule has 0 aliphatic carbocycles. The first-order valence-corrected chi connectivity index (χ1v) is 6.69. The van der Waals surface area contributed by atoms with E-state index in [1.807, 2.05) is 0 Å².